The van der Waals surface area contributed by atoms with Crippen LogP contribution in [0.3, 0.4) is 0 Å². The van der Waals surface area contributed by atoms with Crippen molar-refractivity contribution in [1.82, 2.24) is 10.2 Å². The summed E-state index contributed by atoms with van der Waals surface area (Å²) in [5, 5.41) is 32.5. The normalized spacial score (nSPS) is 27.0. The monoisotopic (exact) mass is 914 g/mol. The molecule has 3 saturated heterocycles. The van der Waals surface area contributed by atoms with Gasteiger partial charge >= 0.3 is 11.9 Å². The second-order valence-electron chi connectivity index (χ2n) is 19.5. The number of ether oxygens (including phenoxy) is 2. The topological polar surface area (TPSA) is 133 Å². The molecule has 0 bridgehead atoms. The third-order valence-corrected chi connectivity index (χ3v) is 15.4. The number of carbonyl (C=O) groups excluding carboxylic acids is 2. The van der Waals surface area contributed by atoms with Crippen LogP contribution in [0.1, 0.15) is 89.5 Å². The highest BCUT2D eigenvalue weighted by Gasteiger charge is 2.42. The number of phenolic OH excluding ortho intramolecular Hbond substituents is 3. The fraction of sp³-hybridized carbons (Fsp3) is 0.519. The molecule has 3 aliphatic heterocycles. The molecule has 8 atom stereocenters. The Hall–Kier alpha value is -4.61. The summed E-state index contributed by atoms with van der Waals surface area (Å²) < 4.78 is 9.79. The number of aromatic hydroxyl groups is 3. The largest absolute Gasteiger partial charge is 1.00 e. The summed E-state index contributed by atoms with van der Waals surface area (Å²) in [7, 11) is 2.91. The number of likely N-dealkylation sites (tertiary alicyclic amines) is 2. The molecule has 7 rings (SSSR count). The molecular formula is C54H76ClN3O7. The van der Waals surface area contributed by atoms with E-state index in [0.717, 1.165) is 78.0 Å². The molecule has 3 aliphatic rings. The molecule has 1 unspecified atom stereocenters. The van der Waals surface area contributed by atoms with Crippen LogP contribution in [-0.4, -0.2) is 98.7 Å². The zero-order valence-electron chi connectivity index (χ0n) is 40.1. The Morgan fingerprint density at radius 3 is 1.74 bits per heavy atom. The van der Waals surface area contributed by atoms with Gasteiger partial charge in [-0.15, -0.1) is 0 Å². The average Bonchev–Trinajstić information content (AvgIpc) is 3.29. The highest BCUT2D eigenvalue weighted by Crippen LogP contribution is 2.41. The number of rotatable bonds is 11. The van der Waals surface area contributed by atoms with Crippen LogP contribution in [0.15, 0.2) is 103 Å². The number of hydrogen-bond donors (Lipinski definition) is 5. The van der Waals surface area contributed by atoms with E-state index in [-0.39, 0.29) is 46.5 Å². The van der Waals surface area contributed by atoms with Gasteiger partial charge in [0.15, 0.2) is 0 Å². The lowest BCUT2D eigenvalue weighted by Crippen LogP contribution is -3.15. The molecule has 11 heteroatoms. The fourth-order valence-corrected chi connectivity index (χ4v) is 10.2. The SMILES string of the molecule is COC(=O)CCN1CC[C@@](C)(c2cccc(O)c2)[C@@H](C)C1.COC(=O)[C@@H](Cc1ccccc1)C[NH+]1CC[C@@](C)(c2cccc(O)c2)[C@@H](C)C1.C[C@H]1CNCC[C@@]1(C)c1cccc(O)c1.[Cl-]. The number of phenols is 3. The number of nitrogens with zero attached hydrogens (tertiary/aromatic N) is 1. The van der Waals surface area contributed by atoms with Gasteiger partial charge < -0.3 is 52.3 Å². The summed E-state index contributed by atoms with van der Waals surface area (Å²) in [5.41, 5.74) is 5.14. The Bertz CT molecular complexity index is 2110. The van der Waals surface area contributed by atoms with Crippen molar-refractivity contribution in [2.75, 3.05) is 66.6 Å². The van der Waals surface area contributed by atoms with Gasteiger partial charge in [0.25, 0.3) is 0 Å². The Balaban J connectivity index is 0.000000222. The summed E-state index contributed by atoms with van der Waals surface area (Å²) in [4.78, 5) is 27.4. The van der Waals surface area contributed by atoms with Crippen LogP contribution in [0.2, 0.25) is 0 Å². The maximum atomic E-state index is 12.4. The molecule has 65 heavy (non-hydrogen) atoms. The molecule has 0 aliphatic carbocycles. The smallest absolute Gasteiger partial charge is 0.314 e. The first-order chi connectivity index (χ1) is 30.5. The van der Waals surface area contributed by atoms with E-state index < -0.39 is 0 Å². The van der Waals surface area contributed by atoms with E-state index in [1.54, 1.807) is 18.2 Å². The van der Waals surface area contributed by atoms with Gasteiger partial charge in [-0.05, 0) is 120 Å². The number of methoxy groups -OCH3 is 2. The number of carbonyl (C=O) groups is 2. The average molecular weight is 915 g/mol. The zero-order chi connectivity index (χ0) is 46.5. The van der Waals surface area contributed by atoms with Crippen LogP contribution in [0, 0.1) is 23.7 Å². The maximum absolute atomic E-state index is 12.4. The van der Waals surface area contributed by atoms with Crippen molar-refractivity contribution in [3.8, 4) is 17.2 Å². The predicted molar refractivity (Wildman–Crippen MR) is 255 cm³/mol. The minimum absolute atomic E-state index is 0. The number of hydrogen-bond acceptors (Lipinski definition) is 9. The van der Waals surface area contributed by atoms with Crippen molar-refractivity contribution in [3.05, 3.63) is 125 Å². The van der Waals surface area contributed by atoms with E-state index in [0.29, 0.717) is 41.4 Å². The van der Waals surface area contributed by atoms with Crippen LogP contribution in [0.4, 0.5) is 0 Å². The molecule has 0 spiro atoms. The minimum Gasteiger partial charge on any atom is -1.00 e. The van der Waals surface area contributed by atoms with Crippen LogP contribution in [0.25, 0.3) is 0 Å². The number of piperidine rings is 3. The molecule has 0 amide bonds. The van der Waals surface area contributed by atoms with Crippen molar-refractivity contribution in [3.63, 3.8) is 0 Å². The van der Waals surface area contributed by atoms with E-state index in [1.807, 2.05) is 54.6 Å². The van der Waals surface area contributed by atoms with Crippen LogP contribution >= 0.6 is 0 Å². The Labute approximate surface area is 395 Å². The Morgan fingerprint density at radius 2 is 1.26 bits per heavy atom. The van der Waals surface area contributed by atoms with E-state index in [2.05, 4.69) is 82.1 Å². The molecule has 0 radical (unpaired) electrons. The van der Waals surface area contributed by atoms with Gasteiger partial charge in [0, 0.05) is 30.8 Å². The molecule has 4 aromatic rings. The summed E-state index contributed by atoms with van der Waals surface area (Å²) in [5.74, 6) is 2.16. The molecule has 4 aromatic carbocycles. The summed E-state index contributed by atoms with van der Waals surface area (Å²) >= 11 is 0. The van der Waals surface area contributed by atoms with Crippen LogP contribution in [0.5, 0.6) is 17.2 Å². The van der Waals surface area contributed by atoms with Gasteiger partial charge in [-0.1, -0.05) is 108 Å². The number of nitrogens with one attached hydrogen (secondary N) is 2. The standard InChI is InChI=1S/C24H31NO3.C17H25NO3.C13H19NO.ClH/c1-18-16-25(13-12-24(18,2)21-10-7-11-22(26)15-21)17-20(23(27)28-3)14-19-8-5-4-6-9-19;1-13-12-18(9-7-16(20)21-3)10-8-17(13,2)14-5-4-6-15(19)11-14;1-10-9-14-7-6-13(10,2)11-4-3-5-12(15)8-11;/h4-11,15,18,20,26H,12-14,16-17H2,1-3H3;4-6,11,13,19H,7-10,12H2,1-3H3;3-5,8,10,14-15H,6-7,9H2,1-2H3;1H/t18-,20-,24+;13-,17+;10-,13+;/m000./s1. The van der Waals surface area contributed by atoms with Gasteiger partial charge in [0.1, 0.15) is 23.2 Å². The van der Waals surface area contributed by atoms with Crippen molar-refractivity contribution in [1.29, 1.82) is 0 Å². The molecule has 0 saturated carbocycles. The number of quaternary nitrogens is 1. The summed E-state index contributed by atoms with van der Waals surface area (Å²) in [6.45, 7) is 21.3. The van der Waals surface area contributed by atoms with E-state index >= 15 is 0 Å². The highest BCUT2D eigenvalue weighted by molar-refractivity contribution is 5.72. The molecular weight excluding hydrogens is 838 g/mol. The van der Waals surface area contributed by atoms with Crippen molar-refractivity contribution in [2.24, 2.45) is 23.7 Å². The molecule has 10 nitrogen and oxygen atoms in total. The lowest BCUT2D eigenvalue weighted by Gasteiger charge is -2.45. The van der Waals surface area contributed by atoms with E-state index in [1.165, 1.54) is 41.4 Å². The Morgan fingerprint density at radius 1 is 0.723 bits per heavy atom. The molecule has 3 fully saturated rings. The quantitative estimate of drug-likeness (QED) is 0.139. The maximum Gasteiger partial charge on any atom is 0.314 e. The number of halogens is 1. The van der Waals surface area contributed by atoms with Crippen molar-refractivity contribution < 1.29 is 51.7 Å². The van der Waals surface area contributed by atoms with E-state index in [4.69, 9.17) is 9.47 Å². The third-order valence-electron chi connectivity index (χ3n) is 15.4. The Kier molecular flexibility index (Phi) is 19.8. The minimum atomic E-state index is -0.149. The highest BCUT2D eigenvalue weighted by atomic mass is 35.5. The van der Waals surface area contributed by atoms with Crippen molar-refractivity contribution in [2.45, 2.75) is 89.9 Å². The first-order valence-corrected chi connectivity index (χ1v) is 23.3. The second kappa shape index (κ2) is 24.2. The first kappa shape index (κ1) is 53.0. The van der Waals surface area contributed by atoms with Gasteiger partial charge in [0.05, 0.1) is 40.3 Å². The van der Waals surface area contributed by atoms with Gasteiger partial charge in [0.2, 0.25) is 0 Å². The van der Waals surface area contributed by atoms with Crippen LogP contribution in [-0.2, 0) is 41.7 Å². The summed E-state index contributed by atoms with van der Waals surface area (Å²) in [6, 6.07) is 33.1. The second-order valence-corrected chi connectivity index (χ2v) is 19.5. The van der Waals surface area contributed by atoms with Gasteiger partial charge in [-0.25, -0.2) is 0 Å². The molecule has 5 N–H and O–H groups in total. The molecule has 356 valence electrons. The fourth-order valence-electron chi connectivity index (χ4n) is 10.2. The van der Waals surface area contributed by atoms with Crippen LogP contribution < -0.4 is 22.6 Å². The predicted octanol–water partition coefficient (Wildman–Crippen LogP) is 4.44. The number of benzene rings is 4. The summed E-state index contributed by atoms with van der Waals surface area (Å²) in [6.07, 6.45) is 4.36. The molecule has 3 heterocycles. The number of esters is 2. The lowest BCUT2D eigenvalue weighted by molar-refractivity contribution is -0.912. The first-order valence-electron chi connectivity index (χ1n) is 23.3. The third kappa shape index (κ3) is 14.0. The van der Waals surface area contributed by atoms with Gasteiger partial charge in [-0.2, -0.15) is 0 Å². The van der Waals surface area contributed by atoms with Crippen molar-refractivity contribution >= 4 is 11.9 Å². The zero-order valence-corrected chi connectivity index (χ0v) is 40.9. The van der Waals surface area contributed by atoms with E-state index in [9.17, 15) is 24.9 Å². The van der Waals surface area contributed by atoms with Gasteiger partial charge in [-0.3, -0.25) is 9.59 Å². The molecule has 0 aromatic heterocycles. The lowest BCUT2D eigenvalue weighted by atomic mass is 9.68.